The highest BCUT2D eigenvalue weighted by Gasteiger charge is 2.08. The first kappa shape index (κ1) is 14.6. The normalized spacial score (nSPS) is 11.3. The second-order valence-corrected chi connectivity index (χ2v) is 4.82. The van der Waals surface area contributed by atoms with E-state index in [-0.39, 0.29) is 11.9 Å². The number of carbonyl (C=O) groups is 1. The van der Waals surface area contributed by atoms with Crippen LogP contribution < -0.4 is 11.1 Å². The number of amides is 1. The van der Waals surface area contributed by atoms with Crippen molar-refractivity contribution < 1.29 is 4.79 Å². The average Bonchev–Trinajstić information content (AvgIpc) is 2.37. The van der Waals surface area contributed by atoms with Crippen LogP contribution >= 0.6 is 11.8 Å². The molecule has 1 rings (SSSR count). The van der Waals surface area contributed by atoms with E-state index in [4.69, 9.17) is 5.73 Å². The summed E-state index contributed by atoms with van der Waals surface area (Å²) < 4.78 is 0. The van der Waals surface area contributed by atoms with Crippen molar-refractivity contribution in [3.63, 3.8) is 0 Å². The van der Waals surface area contributed by atoms with E-state index in [9.17, 15) is 4.79 Å². The van der Waals surface area contributed by atoms with Gasteiger partial charge in [0.2, 0.25) is 0 Å². The Morgan fingerprint density at radius 1 is 1.44 bits per heavy atom. The van der Waals surface area contributed by atoms with Gasteiger partial charge in [-0.2, -0.15) is 11.8 Å². The first-order chi connectivity index (χ1) is 8.67. The minimum Gasteiger partial charge on any atom is -0.349 e. The summed E-state index contributed by atoms with van der Waals surface area (Å²) in [5, 5.41) is 2.94. The van der Waals surface area contributed by atoms with Crippen LogP contribution in [0.15, 0.2) is 24.3 Å². The highest BCUT2D eigenvalue weighted by Crippen LogP contribution is 2.04. The molecule has 1 atom stereocenters. The van der Waals surface area contributed by atoms with Crippen molar-refractivity contribution in [1.82, 2.24) is 5.32 Å². The van der Waals surface area contributed by atoms with Gasteiger partial charge >= 0.3 is 0 Å². The van der Waals surface area contributed by atoms with Gasteiger partial charge in [0.25, 0.3) is 5.91 Å². The Labute approximate surface area is 113 Å². The molecule has 0 aliphatic rings. The zero-order valence-electron chi connectivity index (χ0n) is 10.7. The van der Waals surface area contributed by atoms with Gasteiger partial charge in [-0.1, -0.05) is 11.8 Å². The van der Waals surface area contributed by atoms with E-state index in [1.54, 1.807) is 23.9 Å². The summed E-state index contributed by atoms with van der Waals surface area (Å²) in [4.78, 5) is 11.9. The fourth-order valence-corrected chi connectivity index (χ4v) is 2.04. The molecule has 0 saturated carbocycles. The van der Waals surface area contributed by atoms with Crippen molar-refractivity contribution in [2.75, 3.05) is 18.6 Å². The molecule has 3 N–H and O–H groups in total. The highest BCUT2D eigenvalue weighted by atomic mass is 32.2. The molecule has 0 aliphatic heterocycles. The number of hydrogen-bond donors (Lipinski definition) is 2. The topological polar surface area (TPSA) is 55.1 Å². The Kier molecular flexibility index (Phi) is 6.34. The SMILES string of the molecule is CSCC(C)NC(=O)c1ccc(C#CCN)cc1. The Hall–Kier alpha value is -1.44. The summed E-state index contributed by atoms with van der Waals surface area (Å²) in [5.41, 5.74) is 6.82. The zero-order chi connectivity index (χ0) is 13.4. The smallest absolute Gasteiger partial charge is 0.251 e. The summed E-state index contributed by atoms with van der Waals surface area (Å²) >= 11 is 1.71. The Bertz CT molecular complexity index is 445. The van der Waals surface area contributed by atoms with Crippen LogP contribution in [0.1, 0.15) is 22.8 Å². The average molecular weight is 262 g/mol. The van der Waals surface area contributed by atoms with Gasteiger partial charge in [-0.15, -0.1) is 0 Å². The van der Waals surface area contributed by atoms with Gasteiger partial charge < -0.3 is 11.1 Å². The van der Waals surface area contributed by atoms with Crippen molar-refractivity contribution in [2.45, 2.75) is 13.0 Å². The molecule has 0 aromatic heterocycles. The number of rotatable bonds is 4. The van der Waals surface area contributed by atoms with E-state index < -0.39 is 0 Å². The lowest BCUT2D eigenvalue weighted by molar-refractivity contribution is 0.0944. The van der Waals surface area contributed by atoms with Crippen LogP contribution in [0.4, 0.5) is 0 Å². The van der Waals surface area contributed by atoms with Gasteiger partial charge in [-0.25, -0.2) is 0 Å². The third-order valence-electron chi connectivity index (χ3n) is 2.28. The predicted molar refractivity (Wildman–Crippen MR) is 77.7 cm³/mol. The molecule has 1 amide bonds. The molecule has 18 heavy (non-hydrogen) atoms. The lowest BCUT2D eigenvalue weighted by Gasteiger charge is -2.12. The van der Waals surface area contributed by atoms with E-state index in [2.05, 4.69) is 17.2 Å². The van der Waals surface area contributed by atoms with Crippen LogP contribution in [0, 0.1) is 11.8 Å². The number of nitrogens with one attached hydrogen (secondary N) is 1. The number of thioether (sulfide) groups is 1. The maximum Gasteiger partial charge on any atom is 0.251 e. The molecule has 1 aromatic carbocycles. The second kappa shape index (κ2) is 7.80. The molecule has 1 aromatic rings. The first-order valence-corrected chi connectivity index (χ1v) is 7.15. The minimum atomic E-state index is -0.0464. The molecule has 0 fully saturated rings. The molecular weight excluding hydrogens is 244 g/mol. The molecule has 0 aliphatic carbocycles. The van der Waals surface area contributed by atoms with Crippen LogP contribution in [0.5, 0.6) is 0 Å². The molecule has 1 unspecified atom stereocenters. The molecule has 0 saturated heterocycles. The molecule has 3 nitrogen and oxygen atoms in total. The molecule has 4 heteroatoms. The van der Waals surface area contributed by atoms with E-state index in [0.717, 1.165) is 11.3 Å². The molecule has 0 heterocycles. The van der Waals surface area contributed by atoms with E-state index in [0.29, 0.717) is 12.1 Å². The quantitative estimate of drug-likeness (QED) is 0.808. The number of nitrogens with two attached hydrogens (primary N) is 1. The summed E-state index contributed by atoms with van der Waals surface area (Å²) in [5.74, 6) is 6.56. The van der Waals surface area contributed by atoms with Crippen molar-refractivity contribution in [1.29, 1.82) is 0 Å². The predicted octanol–water partition coefficient (Wildman–Crippen LogP) is 1.48. The van der Waals surface area contributed by atoms with Gasteiger partial charge in [-0.3, -0.25) is 4.79 Å². The van der Waals surface area contributed by atoms with Crippen LogP contribution in [0.25, 0.3) is 0 Å². The third kappa shape index (κ3) is 4.82. The van der Waals surface area contributed by atoms with Crippen LogP contribution in [0.2, 0.25) is 0 Å². The van der Waals surface area contributed by atoms with Gasteiger partial charge in [0.15, 0.2) is 0 Å². The Balaban J connectivity index is 2.64. The van der Waals surface area contributed by atoms with Crippen LogP contribution in [0.3, 0.4) is 0 Å². The molecule has 0 spiro atoms. The molecule has 0 bridgehead atoms. The van der Waals surface area contributed by atoms with E-state index in [1.807, 2.05) is 25.3 Å². The van der Waals surface area contributed by atoms with Gasteiger partial charge in [-0.05, 0) is 37.4 Å². The number of carbonyl (C=O) groups excluding carboxylic acids is 1. The number of benzene rings is 1. The summed E-state index contributed by atoms with van der Waals surface area (Å²) in [7, 11) is 0. The highest BCUT2D eigenvalue weighted by molar-refractivity contribution is 7.98. The van der Waals surface area contributed by atoms with Gasteiger partial charge in [0.05, 0.1) is 6.54 Å². The Morgan fingerprint density at radius 2 is 2.11 bits per heavy atom. The number of hydrogen-bond acceptors (Lipinski definition) is 3. The van der Waals surface area contributed by atoms with Crippen LogP contribution in [-0.2, 0) is 0 Å². The monoisotopic (exact) mass is 262 g/mol. The summed E-state index contributed by atoms with van der Waals surface area (Å²) in [6, 6.07) is 7.39. The van der Waals surface area contributed by atoms with E-state index in [1.165, 1.54) is 0 Å². The maximum absolute atomic E-state index is 11.9. The lowest BCUT2D eigenvalue weighted by Crippen LogP contribution is -2.34. The molecule has 0 radical (unpaired) electrons. The fraction of sp³-hybridized carbons (Fsp3) is 0.357. The Morgan fingerprint density at radius 3 is 2.67 bits per heavy atom. The van der Waals surface area contributed by atoms with Crippen molar-refractivity contribution in [3.05, 3.63) is 35.4 Å². The largest absolute Gasteiger partial charge is 0.349 e. The minimum absolute atomic E-state index is 0.0464. The zero-order valence-corrected chi connectivity index (χ0v) is 11.5. The third-order valence-corrected chi connectivity index (χ3v) is 3.11. The maximum atomic E-state index is 11.9. The standard InChI is InChI=1S/C14H18N2OS/c1-11(10-18-2)16-14(17)13-7-5-12(6-8-13)4-3-9-15/h5-8,11H,9-10,15H2,1-2H3,(H,16,17). The van der Waals surface area contributed by atoms with Gasteiger partial charge in [0.1, 0.15) is 0 Å². The van der Waals surface area contributed by atoms with Gasteiger partial charge in [0, 0.05) is 22.9 Å². The van der Waals surface area contributed by atoms with Crippen molar-refractivity contribution in [3.8, 4) is 11.8 Å². The fourth-order valence-electron chi connectivity index (χ4n) is 1.46. The second-order valence-electron chi connectivity index (χ2n) is 3.91. The van der Waals surface area contributed by atoms with Crippen molar-refractivity contribution in [2.24, 2.45) is 5.73 Å². The summed E-state index contributed by atoms with van der Waals surface area (Å²) in [6.07, 6.45) is 2.02. The van der Waals surface area contributed by atoms with Crippen LogP contribution in [-0.4, -0.2) is 30.5 Å². The molecule has 96 valence electrons. The lowest BCUT2D eigenvalue weighted by atomic mass is 10.1. The summed E-state index contributed by atoms with van der Waals surface area (Å²) in [6.45, 7) is 2.34. The van der Waals surface area contributed by atoms with E-state index >= 15 is 0 Å². The first-order valence-electron chi connectivity index (χ1n) is 5.76. The molecular formula is C14H18N2OS. The van der Waals surface area contributed by atoms with Crippen molar-refractivity contribution >= 4 is 17.7 Å².